The number of nitrogens with two attached hydrogens (primary N) is 1. The summed E-state index contributed by atoms with van der Waals surface area (Å²) >= 11 is 0. The van der Waals surface area contributed by atoms with Crippen LogP contribution in [-0.2, 0) is 13.5 Å². The van der Waals surface area contributed by atoms with Crippen LogP contribution in [-0.4, -0.2) is 9.78 Å². The fourth-order valence-electron chi connectivity index (χ4n) is 3.51. The third kappa shape index (κ3) is 2.50. The van der Waals surface area contributed by atoms with E-state index in [4.69, 9.17) is 5.73 Å². The Morgan fingerprint density at radius 1 is 1.40 bits per heavy atom. The maximum absolute atomic E-state index is 6.44. The monoisotopic (exact) mass is 269 g/mol. The minimum absolute atomic E-state index is 0.0832. The molecule has 3 nitrogen and oxygen atoms in total. The van der Waals surface area contributed by atoms with Crippen LogP contribution in [0.3, 0.4) is 0 Å². The molecule has 0 radical (unpaired) electrons. The van der Waals surface area contributed by atoms with Gasteiger partial charge in [-0.2, -0.15) is 5.10 Å². The number of hydrogen-bond donors (Lipinski definition) is 1. The van der Waals surface area contributed by atoms with Crippen molar-refractivity contribution in [2.24, 2.45) is 12.8 Å². The molecule has 2 unspecified atom stereocenters. The average molecular weight is 269 g/mol. The van der Waals surface area contributed by atoms with E-state index in [1.54, 1.807) is 0 Å². The van der Waals surface area contributed by atoms with Gasteiger partial charge in [-0.15, -0.1) is 0 Å². The minimum atomic E-state index is 0.0832. The standard InChI is InChI=1S/C17H23N3/c1-12-16(11-20(2)19-12)17(18)10-14-8-5-7-13-6-3-4-9-15(13)14/h3-4,6,9,11,14,17H,5,7-8,10,18H2,1-2H3. The lowest BCUT2D eigenvalue weighted by Gasteiger charge is -2.27. The van der Waals surface area contributed by atoms with Crippen molar-refractivity contribution in [2.45, 2.75) is 44.6 Å². The first-order chi connectivity index (χ1) is 9.65. The van der Waals surface area contributed by atoms with Crippen LogP contribution in [0.15, 0.2) is 30.5 Å². The smallest absolute Gasteiger partial charge is 0.0641 e. The average Bonchev–Trinajstić information content (AvgIpc) is 2.78. The predicted molar refractivity (Wildman–Crippen MR) is 81.6 cm³/mol. The molecule has 0 amide bonds. The molecule has 1 heterocycles. The number of fused-ring (bicyclic) bond motifs is 1. The first-order valence-corrected chi connectivity index (χ1v) is 7.48. The molecule has 0 spiro atoms. The Labute approximate surface area is 120 Å². The molecule has 2 aromatic rings. The van der Waals surface area contributed by atoms with Crippen LogP contribution in [0.1, 0.15) is 53.6 Å². The third-order valence-corrected chi connectivity index (χ3v) is 4.48. The summed E-state index contributed by atoms with van der Waals surface area (Å²) in [4.78, 5) is 0. The predicted octanol–water partition coefficient (Wildman–Crippen LogP) is 3.24. The van der Waals surface area contributed by atoms with Gasteiger partial charge < -0.3 is 5.73 Å². The van der Waals surface area contributed by atoms with Gasteiger partial charge in [0.25, 0.3) is 0 Å². The second-order valence-electron chi connectivity index (χ2n) is 5.97. The molecule has 1 aromatic heterocycles. The fourth-order valence-corrected chi connectivity index (χ4v) is 3.51. The van der Waals surface area contributed by atoms with Gasteiger partial charge in [0.15, 0.2) is 0 Å². The van der Waals surface area contributed by atoms with Crippen LogP contribution in [0.25, 0.3) is 0 Å². The molecule has 0 bridgehead atoms. The van der Waals surface area contributed by atoms with E-state index in [2.05, 4.69) is 35.6 Å². The molecule has 1 aliphatic carbocycles. The zero-order valence-electron chi connectivity index (χ0n) is 12.3. The maximum Gasteiger partial charge on any atom is 0.0641 e. The van der Waals surface area contributed by atoms with Gasteiger partial charge in [0, 0.05) is 24.8 Å². The second-order valence-corrected chi connectivity index (χ2v) is 5.97. The molecule has 2 N–H and O–H groups in total. The minimum Gasteiger partial charge on any atom is -0.324 e. The Hall–Kier alpha value is -1.61. The topological polar surface area (TPSA) is 43.8 Å². The molecule has 0 aliphatic heterocycles. The van der Waals surface area contributed by atoms with E-state index in [9.17, 15) is 0 Å². The zero-order chi connectivity index (χ0) is 14.1. The van der Waals surface area contributed by atoms with Gasteiger partial charge in [0.1, 0.15) is 0 Å². The quantitative estimate of drug-likeness (QED) is 0.929. The van der Waals surface area contributed by atoms with E-state index in [1.165, 1.54) is 36.0 Å². The van der Waals surface area contributed by atoms with E-state index in [-0.39, 0.29) is 6.04 Å². The third-order valence-electron chi connectivity index (χ3n) is 4.48. The largest absolute Gasteiger partial charge is 0.324 e. The first-order valence-electron chi connectivity index (χ1n) is 7.48. The summed E-state index contributed by atoms with van der Waals surface area (Å²) in [5, 5.41) is 4.41. The molecule has 0 fully saturated rings. The van der Waals surface area contributed by atoms with Gasteiger partial charge >= 0.3 is 0 Å². The highest BCUT2D eigenvalue weighted by Crippen LogP contribution is 2.37. The second kappa shape index (κ2) is 5.41. The van der Waals surface area contributed by atoms with Crippen molar-refractivity contribution in [3.63, 3.8) is 0 Å². The van der Waals surface area contributed by atoms with Crippen molar-refractivity contribution < 1.29 is 0 Å². The Kier molecular flexibility index (Phi) is 3.62. The molecular formula is C17H23N3. The molecule has 0 saturated heterocycles. The summed E-state index contributed by atoms with van der Waals surface area (Å²) in [6.07, 6.45) is 6.83. The summed E-state index contributed by atoms with van der Waals surface area (Å²) in [5.74, 6) is 0.592. The number of rotatable bonds is 3. The molecular weight excluding hydrogens is 246 g/mol. The lowest BCUT2D eigenvalue weighted by molar-refractivity contribution is 0.475. The van der Waals surface area contributed by atoms with Crippen molar-refractivity contribution >= 4 is 0 Å². The lowest BCUT2D eigenvalue weighted by Crippen LogP contribution is -2.18. The van der Waals surface area contributed by atoms with E-state index < -0.39 is 0 Å². The summed E-state index contributed by atoms with van der Waals surface area (Å²) in [5.41, 5.74) is 11.7. The Balaban J connectivity index is 1.80. The normalized spacial score (nSPS) is 19.6. The summed E-state index contributed by atoms with van der Waals surface area (Å²) in [6, 6.07) is 8.93. The van der Waals surface area contributed by atoms with E-state index in [0.717, 1.165) is 12.1 Å². The van der Waals surface area contributed by atoms with Crippen LogP contribution in [0.2, 0.25) is 0 Å². The highest BCUT2D eigenvalue weighted by Gasteiger charge is 2.23. The molecule has 3 heteroatoms. The summed E-state index contributed by atoms with van der Waals surface area (Å²) in [7, 11) is 1.96. The molecule has 0 saturated carbocycles. The summed E-state index contributed by atoms with van der Waals surface area (Å²) < 4.78 is 1.86. The molecule has 20 heavy (non-hydrogen) atoms. The van der Waals surface area contributed by atoms with Crippen molar-refractivity contribution in [1.82, 2.24) is 9.78 Å². The van der Waals surface area contributed by atoms with Crippen LogP contribution in [0.4, 0.5) is 0 Å². The van der Waals surface area contributed by atoms with Gasteiger partial charge in [-0.05, 0) is 49.7 Å². The molecule has 106 valence electrons. The van der Waals surface area contributed by atoms with Gasteiger partial charge in [-0.25, -0.2) is 0 Å². The van der Waals surface area contributed by atoms with E-state index in [0.29, 0.717) is 5.92 Å². The Bertz CT molecular complexity index is 600. The number of nitrogens with zero attached hydrogens (tertiary/aromatic N) is 2. The number of aromatic nitrogens is 2. The van der Waals surface area contributed by atoms with E-state index in [1.807, 2.05) is 18.7 Å². The van der Waals surface area contributed by atoms with Crippen molar-refractivity contribution in [2.75, 3.05) is 0 Å². The first kappa shape index (κ1) is 13.4. The van der Waals surface area contributed by atoms with Gasteiger partial charge in [0.2, 0.25) is 0 Å². The highest BCUT2D eigenvalue weighted by molar-refractivity contribution is 5.33. The highest BCUT2D eigenvalue weighted by atomic mass is 15.2. The van der Waals surface area contributed by atoms with Gasteiger partial charge in [-0.1, -0.05) is 24.3 Å². The van der Waals surface area contributed by atoms with Crippen molar-refractivity contribution in [3.05, 3.63) is 52.8 Å². The maximum atomic E-state index is 6.44. The number of benzene rings is 1. The van der Waals surface area contributed by atoms with Crippen LogP contribution in [0, 0.1) is 6.92 Å². The van der Waals surface area contributed by atoms with Crippen LogP contribution < -0.4 is 5.73 Å². The van der Waals surface area contributed by atoms with Crippen molar-refractivity contribution in [1.29, 1.82) is 0 Å². The van der Waals surface area contributed by atoms with Gasteiger partial charge in [-0.3, -0.25) is 4.68 Å². The van der Waals surface area contributed by atoms with Crippen LogP contribution in [0.5, 0.6) is 0 Å². The molecule has 1 aliphatic rings. The van der Waals surface area contributed by atoms with Crippen LogP contribution >= 0.6 is 0 Å². The number of hydrogen-bond acceptors (Lipinski definition) is 2. The molecule has 1 aromatic carbocycles. The van der Waals surface area contributed by atoms with E-state index >= 15 is 0 Å². The molecule has 2 atom stereocenters. The van der Waals surface area contributed by atoms with Crippen molar-refractivity contribution in [3.8, 4) is 0 Å². The Morgan fingerprint density at radius 2 is 2.20 bits per heavy atom. The SMILES string of the molecule is Cc1nn(C)cc1C(N)CC1CCCc2ccccc21. The fraction of sp³-hybridized carbons (Fsp3) is 0.471. The van der Waals surface area contributed by atoms with Gasteiger partial charge in [0.05, 0.1) is 5.69 Å². The zero-order valence-corrected chi connectivity index (χ0v) is 12.3. The Morgan fingerprint density at radius 3 is 2.95 bits per heavy atom. The lowest BCUT2D eigenvalue weighted by atomic mass is 9.79. The summed E-state index contributed by atoms with van der Waals surface area (Å²) in [6.45, 7) is 2.05. The number of aryl methyl sites for hydroxylation is 3. The molecule has 3 rings (SSSR count).